The third-order valence-electron chi connectivity index (χ3n) is 2.41. The number of benzene rings is 2. The lowest BCUT2D eigenvalue weighted by atomic mass is 10.1. The van der Waals surface area contributed by atoms with Crippen molar-refractivity contribution in [3.8, 4) is 5.75 Å². The van der Waals surface area contributed by atoms with Crippen molar-refractivity contribution in [1.82, 2.24) is 0 Å². The third kappa shape index (κ3) is 2.82. The molecule has 0 fully saturated rings. The van der Waals surface area contributed by atoms with Crippen molar-refractivity contribution in [2.45, 2.75) is 0 Å². The molecule has 0 radical (unpaired) electrons. The van der Waals surface area contributed by atoms with Gasteiger partial charge in [0.05, 0.1) is 16.3 Å². The van der Waals surface area contributed by atoms with Crippen LogP contribution >= 0.6 is 11.6 Å². The molecule has 6 heteroatoms. The molecule has 2 rings (SSSR count). The molecule has 0 heterocycles. The van der Waals surface area contributed by atoms with Crippen molar-refractivity contribution in [2.24, 2.45) is 0 Å². The molecule has 0 spiro atoms. The van der Waals surface area contributed by atoms with E-state index in [0.717, 1.165) is 24.3 Å². The Bertz CT molecular complexity index is 626. The van der Waals surface area contributed by atoms with Gasteiger partial charge in [0, 0.05) is 6.07 Å². The van der Waals surface area contributed by atoms with Crippen LogP contribution in [-0.4, -0.2) is 11.0 Å². The number of rotatable bonds is 2. The lowest BCUT2D eigenvalue weighted by molar-refractivity contribution is 0.102. The van der Waals surface area contributed by atoms with Crippen molar-refractivity contribution in [3.05, 3.63) is 58.6 Å². The Morgan fingerprint density at radius 3 is 2.58 bits per heavy atom. The summed E-state index contributed by atoms with van der Waals surface area (Å²) >= 11 is 5.75. The molecule has 0 aliphatic carbocycles. The minimum Gasteiger partial charge on any atom is -0.507 e. The molecule has 0 atom stereocenters. The molecule has 3 nitrogen and oxygen atoms in total. The topological polar surface area (TPSA) is 49.3 Å². The third-order valence-corrected chi connectivity index (χ3v) is 2.72. The molecule has 19 heavy (non-hydrogen) atoms. The maximum Gasteiger partial charge on any atom is 0.259 e. The summed E-state index contributed by atoms with van der Waals surface area (Å²) in [4.78, 5) is 11.8. The second-order valence-electron chi connectivity index (χ2n) is 3.71. The van der Waals surface area contributed by atoms with Gasteiger partial charge in [-0.15, -0.1) is 0 Å². The van der Waals surface area contributed by atoms with E-state index in [0.29, 0.717) is 0 Å². The van der Waals surface area contributed by atoms with Crippen molar-refractivity contribution in [3.63, 3.8) is 0 Å². The van der Waals surface area contributed by atoms with E-state index >= 15 is 0 Å². The van der Waals surface area contributed by atoms with Gasteiger partial charge in [-0.05, 0) is 24.3 Å². The second-order valence-corrected chi connectivity index (χ2v) is 4.12. The van der Waals surface area contributed by atoms with Gasteiger partial charge >= 0.3 is 0 Å². The SMILES string of the molecule is O=C(Nc1c(F)cccc1Cl)c1ccc(F)cc1O. The number of anilines is 1. The first-order chi connectivity index (χ1) is 8.99. The maximum atomic E-state index is 13.5. The lowest BCUT2D eigenvalue weighted by Gasteiger charge is -2.09. The van der Waals surface area contributed by atoms with Crippen LogP contribution in [0.15, 0.2) is 36.4 Å². The molecule has 0 aliphatic heterocycles. The Morgan fingerprint density at radius 1 is 1.21 bits per heavy atom. The Labute approximate surface area is 112 Å². The Morgan fingerprint density at radius 2 is 1.95 bits per heavy atom. The summed E-state index contributed by atoms with van der Waals surface area (Å²) in [5, 5.41) is 11.7. The molecular weight excluding hydrogens is 276 g/mol. The van der Waals surface area contributed by atoms with Crippen LogP contribution in [0.2, 0.25) is 5.02 Å². The normalized spacial score (nSPS) is 10.3. The zero-order valence-corrected chi connectivity index (χ0v) is 10.2. The molecule has 0 saturated carbocycles. The largest absolute Gasteiger partial charge is 0.507 e. The lowest BCUT2D eigenvalue weighted by Crippen LogP contribution is -2.13. The summed E-state index contributed by atoms with van der Waals surface area (Å²) in [7, 11) is 0. The summed E-state index contributed by atoms with van der Waals surface area (Å²) in [6.07, 6.45) is 0. The number of hydrogen-bond donors (Lipinski definition) is 2. The molecule has 2 aromatic carbocycles. The van der Waals surface area contributed by atoms with Crippen LogP contribution in [-0.2, 0) is 0 Å². The van der Waals surface area contributed by atoms with Crippen LogP contribution in [0.1, 0.15) is 10.4 Å². The predicted octanol–water partition coefficient (Wildman–Crippen LogP) is 3.58. The number of aromatic hydroxyl groups is 1. The van der Waals surface area contributed by atoms with Gasteiger partial charge in [-0.3, -0.25) is 4.79 Å². The average Bonchev–Trinajstić information content (AvgIpc) is 2.33. The van der Waals surface area contributed by atoms with Gasteiger partial charge in [-0.25, -0.2) is 8.78 Å². The fourth-order valence-electron chi connectivity index (χ4n) is 1.49. The second kappa shape index (κ2) is 5.24. The van der Waals surface area contributed by atoms with Crippen molar-refractivity contribution < 1.29 is 18.7 Å². The van der Waals surface area contributed by atoms with Gasteiger partial charge < -0.3 is 10.4 Å². The number of phenolic OH excluding ortho intramolecular Hbond substituents is 1. The minimum atomic E-state index is -0.788. The standard InChI is InChI=1S/C13H8ClF2NO2/c14-9-2-1-3-10(16)12(9)17-13(19)8-5-4-7(15)6-11(8)18/h1-6,18H,(H,17,19). The van der Waals surface area contributed by atoms with Crippen molar-refractivity contribution in [1.29, 1.82) is 0 Å². The zero-order chi connectivity index (χ0) is 14.0. The fourth-order valence-corrected chi connectivity index (χ4v) is 1.71. The average molecular weight is 284 g/mol. The smallest absolute Gasteiger partial charge is 0.259 e. The summed E-state index contributed by atoms with van der Waals surface area (Å²) in [6, 6.07) is 6.82. The molecule has 2 N–H and O–H groups in total. The minimum absolute atomic E-state index is 0.0231. The number of carbonyl (C=O) groups excluding carboxylic acids is 1. The number of para-hydroxylation sites is 1. The van der Waals surface area contributed by atoms with E-state index in [1.807, 2.05) is 0 Å². The van der Waals surface area contributed by atoms with Crippen LogP contribution < -0.4 is 5.32 Å². The highest BCUT2D eigenvalue weighted by atomic mass is 35.5. The van der Waals surface area contributed by atoms with Gasteiger partial charge in [0.2, 0.25) is 0 Å². The molecule has 0 unspecified atom stereocenters. The van der Waals surface area contributed by atoms with E-state index in [1.165, 1.54) is 12.1 Å². The molecule has 0 saturated heterocycles. The summed E-state index contributed by atoms with van der Waals surface area (Å²) in [5.74, 6) is -2.71. The first-order valence-electron chi connectivity index (χ1n) is 5.23. The van der Waals surface area contributed by atoms with E-state index in [-0.39, 0.29) is 16.3 Å². The quantitative estimate of drug-likeness (QED) is 0.885. The molecule has 0 aromatic heterocycles. The predicted molar refractivity (Wildman–Crippen MR) is 67.4 cm³/mol. The molecule has 2 aromatic rings. The Balaban J connectivity index is 2.31. The van der Waals surface area contributed by atoms with Crippen molar-refractivity contribution in [2.75, 3.05) is 5.32 Å². The molecule has 0 bridgehead atoms. The Hall–Kier alpha value is -2.14. The highest BCUT2D eigenvalue weighted by molar-refractivity contribution is 6.34. The number of carbonyl (C=O) groups is 1. The maximum absolute atomic E-state index is 13.5. The number of hydrogen-bond acceptors (Lipinski definition) is 2. The van der Waals surface area contributed by atoms with Crippen LogP contribution in [0.5, 0.6) is 5.75 Å². The number of phenols is 1. The highest BCUT2D eigenvalue weighted by Gasteiger charge is 2.15. The van der Waals surface area contributed by atoms with E-state index < -0.39 is 23.3 Å². The van der Waals surface area contributed by atoms with E-state index in [4.69, 9.17) is 11.6 Å². The molecule has 98 valence electrons. The molecule has 0 aliphatic rings. The summed E-state index contributed by atoms with van der Waals surface area (Å²) < 4.78 is 26.3. The Kier molecular flexibility index (Phi) is 3.66. The van der Waals surface area contributed by atoms with Gasteiger partial charge in [0.1, 0.15) is 17.4 Å². The molecular formula is C13H8ClF2NO2. The van der Waals surface area contributed by atoms with E-state index in [9.17, 15) is 18.7 Å². The first-order valence-corrected chi connectivity index (χ1v) is 5.60. The van der Waals surface area contributed by atoms with Gasteiger partial charge in [0.15, 0.2) is 0 Å². The fraction of sp³-hybridized carbons (Fsp3) is 0. The van der Waals surface area contributed by atoms with Crippen LogP contribution in [0.3, 0.4) is 0 Å². The summed E-state index contributed by atoms with van der Waals surface area (Å²) in [5.41, 5.74) is -0.376. The van der Waals surface area contributed by atoms with E-state index in [1.54, 1.807) is 0 Å². The number of nitrogens with one attached hydrogen (secondary N) is 1. The van der Waals surface area contributed by atoms with Gasteiger partial charge in [-0.2, -0.15) is 0 Å². The zero-order valence-electron chi connectivity index (χ0n) is 9.45. The van der Waals surface area contributed by atoms with Gasteiger partial charge in [-0.1, -0.05) is 17.7 Å². The van der Waals surface area contributed by atoms with Crippen LogP contribution in [0.4, 0.5) is 14.5 Å². The van der Waals surface area contributed by atoms with E-state index in [2.05, 4.69) is 5.32 Å². The highest BCUT2D eigenvalue weighted by Crippen LogP contribution is 2.26. The number of amides is 1. The van der Waals surface area contributed by atoms with Crippen molar-refractivity contribution >= 4 is 23.2 Å². The van der Waals surface area contributed by atoms with Crippen LogP contribution in [0, 0.1) is 11.6 Å². The van der Waals surface area contributed by atoms with Crippen LogP contribution in [0.25, 0.3) is 0 Å². The monoisotopic (exact) mass is 283 g/mol. The van der Waals surface area contributed by atoms with Gasteiger partial charge in [0.25, 0.3) is 5.91 Å². The number of halogens is 3. The summed E-state index contributed by atoms with van der Waals surface area (Å²) in [6.45, 7) is 0. The molecule has 1 amide bonds. The first kappa shape index (κ1) is 13.3.